The van der Waals surface area contributed by atoms with Gasteiger partial charge in [-0.25, -0.2) is 0 Å². The van der Waals surface area contributed by atoms with Crippen LogP contribution in [-0.2, 0) is 16.0 Å². The number of thiocarbonyl (C=S) groups is 1. The number of Topliss-reactive ketones (excluding diaryl/α,β-unsaturated/α-hetero) is 1. The Labute approximate surface area is 128 Å². The molecule has 1 heterocycles. The Balaban J connectivity index is 2.22. The summed E-state index contributed by atoms with van der Waals surface area (Å²) in [4.78, 5) is 26.2. The monoisotopic (exact) mass is 353 g/mol. The van der Waals surface area contributed by atoms with Crippen molar-refractivity contribution in [2.24, 2.45) is 0 Å². The molecule has 0 saturated carbocycles. The van der Waals surface area contributed by atoms with Gasteiger partial charge < -0.3 is 0 Å². The largest absolute Gasteiger partial charge is 0.296 e. The first-order valence-electron chi connectivity index (χ1n) is 5.55. The van der Waals surface area contributed by atoms with E-state index < -0.39 is 0 Å². The fourth-order valence-electron chi connectivity index (χ4n) is 2.19. The predicted octanol–water partition coefficient (Wildman–Crippen LogP) is 2.78. The van der Waals surface area contributed by atoms with E-state index in [0.717, 1.165) is 15.6 Å². The van der Waals surface area contributed by atoms with Crippen molar-refractivity contribution >= 4 is 61.5 Å². The summed E-state index contributed by atoms with van der Waals surface area (Å²) in [5, 5.41) is 0. The van der Waals surface area contributed by atoms with Crippen molar-refractivity contribution < 1.29 is 9.59 Å². The van der Waals surface area contributed by atoms with Crippen LogP contribution in [0.25, 0.3) is 5.57 Å². The molecule has 0 unspecified atom stereocenters. The number of allylic oxidation sites excluding steroid dienone is 1. The maximum atomic E-state index is 12.2. The van der Waals surface area contributed by atoms with Gasteiger partial charge in [0.1, 0.15) is 4.32 Å². The Hall–Kier alpha value is -0.980. The molecule has 3 nitrogen and oxygen atoms in total. The highest BCUT2D eigenvalue weighted by Gasteiger charge is 2.37. The van der Waals surface area contributed by atoms with Gasteiger partial charge in [0.25, 0.3) is 5.91 Å². The maximum absolute atomic E-state index is 12.2. The van der Waals surface area contributed by atoms with Gasteiger partial charge in [0.2, 0.25) is 0 Å². The summed E-state index contributed by atoms with van der Waals surface area (Å²) >= 11 is 9.71. The summed E-state index contributed by atoms with van der Waals surface area (Å²) in [6.45, 7) is 0. The zero-order valence-electron chi connectivity index (χ0n) is 9.90. The minimum absolute atomic E-state index is 0.0120. The number of carbonyl (C=O) groups is 2. The van der Waals surface area contributed by atoms with Crippen molar-refractivity contribution in [3.05, 3.63) is 38.7 Å². The van der Waals surface area contributed by atoms with E-state index in [-0.39, 0.29) is 11.7 Å². The predicted molar refractivity (Wildman–Crippen MR) is 82.7 cm³/mol. The number of hydrogen-bond acceptors (Lipinski definition) is 4. The van der Waals surface area contributed by atoms with Gasteiger partial charge >= 0.3 is 0 Å². The van der Waals surface area contributed by atoms with Crippen LogP contribution in [0.1, 0.15) is 11.1 Å². The van der Waals surface area contributed by atoms with Crippen molar-refractivity contribution in [2.45, 2.75) is 6.42 Å². The Morgan fingerprint density at radius 3 is 2.74 bits per heavy atom. The number of rotatable bonds is 0. The summed E-state index contributed by atoms with van der Waals surface area (Å²) < 4.78 is 1.38. The van der Waals surface area contributed by atoms with Crippen molar-refractivity contribution in [3.63, 3.8) is 0 Å². The molecule has 1 aromatic rings. The van der Waals surface area contributed by atoms with Crippen LogP contribution in [0.2, 0.25) is 0 Å². The molecule has 1 aromatic carbocycles. The summed E-state index contributed by atoms with van der Waals surface area (Å²) in [6, 6.07) is 5.70. The number of amides is 1. The standard InChI is InChI=1S/C13H8BrNO2S2/c1-15-12(17)11(19-13(15)18)10-8-5-7(14)3-2-6(8)4-9(10)16/h2-3,5H,4H2,1H3/b11-10-. The first-order valence-corrected chi connectivity index (χ1v) is 7.57. The summed E-state index contributed by atoms with van der Waals surface area (Å²) in [5.41, 5.74) is 2.32. The first kappa shape index (κ1) is 13.0. The van der Waals surface area contributed by atoms with Crippen LogP contribution in [0, 0.1) is 0 Å². The molecule has 0 radical (unpaired) electrons. The van der Waals surface area contributed by atoms with Gasteiger partial charge in [-0.1, -0.05) is 46.0 Å². The molecule has 0 spiro atoms. The van der Waals surface area contributed by atoms with Crippen LogP contribution in [-0.4, -0.2) is 28.0 Å². The number of likely N-dealkylation sites (N-methyl/N-ethyl adjacent to an activating group) is 1. The second-order valence-electron chi connectivity index (χ2n) is 4.34. The van der Waals surface area contributed by atoms with Gasteiger partial charge in [0, 0.05) is 23.5 Å². The van der Waals surface area contributed by atoms with Crippen molar-refractivity contribution in [2.75, 3.05) is 7.05 Å². The molecule has 19 heavy (non-hydrogen) atoms. The average Bonchev–Trinajstić information content (AvgIpc) is 2.80. The van der Waals surface area contributed by atoms with Crippen LogP contribution >= 0.6 is 39.9 Å². The number of thioether (sulfide) groups is 1. The third-order valence-electron chi connectivity index (χ3n) is 3.16. The molecule has 1 amide bonds. The van der Waals surface area contributed by atoms with Crippen molar-refractivity contribution in [1.29, 1.82) is 0 Å². The molecule has 0 aromatic heterocycles. The van der Waals surface area contributed by atoms with Gasteiger partial charge in [-0.15, -0.1) is 0 Å². The molecule has 1 aliphatic carbocycles. The average molecular weight is 354 g/mol. The van der Waals surface area contributed by atoms with Gasteiger partial charge in [-0.3, -0.25) is 14.5 Å². The van der Waals surface area contributed by atoms with Gasteiger partial charge in [0.15, 0.2) is 5.78 Å². The van der Waals surface area contributed by atoms with Crippen LogP contribution in [0.15, 0.2) is 27.6 Å². The highest BCUT2D eigenvalue weighted by atomic mass is 79.9. The Bertz CT molecular complexity index is 681. The van der Waals surface area contributed by atoms with E-state index in [1.54, 1.807) is 7.05 Å². The number of carbonyl (C=O) groups excluding carboxylic acids is 2. The van der Waals surface area contributed by atoms with E-state index in [0.29, 0.717) is 21.2 Å². The SMILES string of the molecule is CN1C(=O)/C(=C2/C(=O)Cc3ccc(Br)cc32)SC1=S. The zero-order valence-corrected chi connectivity index (χ0v) is 13.1. The molecule has 3 rings (SSSR count). The number of ketones is 1. The number of halogens is 1. The van der Waals surface area contributed by atoms with Crippen molar-refractivity contribution in [3.8, 4) is 0 Å². The second-order valence-corrected chi connectivity index (χ2v) is 6.90. The second kappa shape index (κ2) is 4.54. The van der Waals surface area contributed by atoms with E-state index in [1.807, 2.05) is 18.2 Å². The van der Waals surface area contributed by atoms with E-state index >= 15 is 0 Å². The smallest absolute Gasteiger partial charge is 0.266 e. The minimum Gasteiger partial charge on any atom is -0.296 e. The summed E-state index contributed by atoms with van der Waals surface area (Å²) in [7, 11) is 1.63. The third-order valence-corrected chi connectivity index (χ3v) is 5.21. The molecule has 1 fully saturated rings. The molecule has 0 N–H and O–H groups in total. The van der Waals surface area contributed by atoms with Crippen LogP contribution in [0.3, 0.4) is 0 Å². The highest BCUT2D eigenvalue weighted by Crippen LogP contribution is 2.41. The lowest BCUT2D eigenvalue weighted by atomic mass is 10.1. The van der Waals surface area contributed by atoms with Gasteiger partial charge in [-0.05, 0) is 23.3 Å². The number of nitrogens with zero attached hydrogens (tertiary/aromatic N) is 1. The Kier molecular flexibility index (Phi) is 3.11. The molecule has 0 bridgehead atoms. The normalized spacial score (nSPS) is 22.4. The molecular weight excluding hydrogens is 346 g/mol. The van der Waals surface area contributed by atoms with Crippen LogP contribution in [0.4, 0.5) is 0 Å². The molecule has 1 aliphatic heterocycles. The third kappa shape index (κ3) is 1.98. The van der Waals surface area contributed by atoms with E-state index in [1.165, 1.54) is 16.7 Å². The number of fused-ring (bicyclic) bond motifs is 1. The molecule has 2 aliphatic rings. The fourth-order valence-corrected chi connectivity index (χ4v) is 3.83. The van der Waals surface area contributed by atoms with Gasteiger partial charge in [-0.2, -0.15) is 0 Å². The number of benzene rings is 1. The first-order chi connectivity index (χ1) is 8.99. The number of hydrogen-bond donors (Lipinski definition) is 0. The lowest BCUT2D eigenvalue weighted by molar-refractivity contribution is -0.121. The quantitative estimate of drug-likeness (QED) is 0.530. The molecule has 1 saturated heterocycles. The molecule has 6 heteroatoms. The van der Waals surface area contributed by atoms with E-state index in [9.17, 15) is 9.59 Å². The maximum Gasteiger partial charge on any atom is 0.266 e. The van der Waals surface area contributed by atoms with E-state index in [2.05, 4.69) is 15.9 Å². The van der Waals surface area contributed by atoms with Crippen LogP contribution < -0.4 is 0 Å². The fraction of sp³-hybridized carbons (Fsp3) is 0.154. The topological polar surface area (TPSA) is 37.4 Å². The van der Waals surface area contributed by atoms with Crippen LogP contribution in [0.5, 0.6) is 0 Å². The van der Waals surface area contributed by atoms with E-state index in [4.69, 9.17) is 12.2 Å². The lowest BCUT2D eigenvalue weighted by Gasteiger charge is -2.05. The Morgan fingerprint density at radius 2 is 2.11 bits per heavy atom. The summed E-state index contributed by atoms with van der Waals surface area (Å²) in [5.74, 6) is -0.201. The summed E-state index contributed by atoms with van der Waals surface area (Å²) in [6.07, 6.45) is 0.353. The highest BCUT2D eigenvalue weighted by molar-refractivity contribution is 9.10. The minimum atomic E-state index is -0.189. The van der Waals surface area contributed by atoms with Crippen molar-refractivity contribution in [1.82, 2.24) is 4.90 Å². The Morgan fingerprint density at radius 1 is 1.37 bits per heavy atom. The molecule has 0 atom stereocenters. The lowest BCUT2D eigenvalue weighted by Crippen LogP contribution is -2.22. The zero-order chi connectivity index (χ0) is 13.7. The molecule has 96 valence electrons. The van der Waals surface area contributed by atoms with Gasteiger partial charge in [0.05, 0.1) is 4.91 Å². The molecular formula is C13H8BrNO2S2.